The van der Waals surface area contributed by atoms with Crippen molar-refractivity contribution in [2.24, 2.45) is 5.41 Å². The summed E-state index contributed by atoms with van der Waals surface area (Å²) in [6, 6.07) is 0.513. The summed E-state index contributed by atoms with van der Waals surface area (Å²) in [5.74, 6) is 0.481. The number of fused-ring (bicyclic) bond motifs is 1. The maximum atomic E-state index is 12.4. The maximum Gasteiger partial charge on any atom is 0.223 e. The molecule has 0 radical (unpaired) electrons. The topological polar surface area (TPSA) is 40.6 Å². The largest absolute Gasteiger partial charge is 0.342 e. The van der Waals surface area contributed by atoms with Gasteiger partial charge < -0.3 is 9.80 Å². The Kier molecular flexibility index (Phi) is 2.83. The van der Waals surface area contributed by atoms with Gasteiger partial charge >= 0.3 is 0 Å². The zero-order chi connectivity index (χ0) is 12.8. The van der Waals surface area contributed by atoms with Crippen LogP contribution in [-0.2, 0) is 9.59 Å². The summed E-state index contributed by atoms with van der Waals surface area (Å²) in [7, 11) is 0. The first kappa shape index (κ1) is 12.0. The van der Waals surface area contributed by atoms with Crippen molar-refractivity contribution in [1.29, 1.82) is 0 Å². The molecule has 4 heteroatoms. The van der Waals surface area contributed by atoms with Gasteiger partial charge in [0.2, 0.25) is 11.8 Å². The van der Waals surface area contributed by atoms with Crippen LogP contribution in [0.3, 0.4) is 0 Å². The van der Waals surface area contributed by atoms with Crippen LogP contribution in [0.5, 0.6) is 0 Å². The van der Waals surface area contributed by atoms with Crippen LogP contribution in [0.1, 0.15) is 45.4 Å². The highest BCUT2D eigenvalue weighted by Crippen LogP contribution is 2.42. The molecule has 0 bridgehead atoms. The van der Waals surface area contributed by atoms with Crippen LogP contribution >= 0.6 is 0 Å². The van der Waals surface area contributed by atoms with Crippen molar-refractivity contribution >= 4 is 11.8 Å². The standard InChI is InChI=1S/C14H22N2O2/c1-11(17)15-9-14(10-15)6-2-4-12-5-3-7-16(12)13(18)8-14/h12H,2-10H2,1H3/t12-/m0/s1. The number of likely N-dealkylation sites (tertiary alicyclic amines) is 1. The Morgan fingerprint density at radius 2 is 2.00 bits per heavy atom. The van der Waals surface area contributed by atoms with Crippen molar-refractivity contribution in [3.63, 3.8) is 0 Å². The number of carbonyl (C=O) groups is 2. The Balaban J connectivity index is 1.68. The highest BCUT2D eigenvalue weighted by atomic mass is 16.2. The van der Waals surface area contributed by atoms with Crippen molar-refractivity contribution in [3.05, 3.63) is 0 Å². The lowest BCUT2D eigenvalue weighted by Crippen LogP contribution is -2.60. The van der Waals surface area contributed by atoms with Crippen molar-refractivity contribution in [1.82, 2.24) is 9.80 Å². The molecule has 1 spiro atoms. The van der Waals surface area contributed by atoms with Gasteiger partial charge in [0.05, 0.1) is 0 Å². The Morgan fingerprint density at radius 3 is 2.72 bits per heavy atom. The summed E-state index contributed by atoms with van der Waals surface area (Å²) in [6.07, 6.45) is 6.51. The molecule has 3 aliphatic heterocycles. The molecule has 3 saturated heterocycles. The second kappa shape index (κ2) is 4.25. The van der Waals surface area contributed by atoms with E-state index in [2.05, 4.69) is 4.90 Å². The first-order valence-electron chi connectivity index (χ1n) is 7.15. The van der Waals surface area contributed by atoms with Crippen LogP contribution in [-0.4, -0.2) is 47.3 Å². The molecule has 3 rings (SSSR count). The minimum absolute atomic E-state index is 0.107. The predicted molar refractivity (Wildman–Crippen MR) is 67.9 cm³/mol. The van der Waals surface area contributed by atoms with Gasteiger partial charge in [0.25, 0.3) is 0 Å². The Hall–Kier alpha value is -1.06. The third-order valence-corrected chi connectivity index (χ3v) is 4.97. The van der Waals surface area contributed by atoms with Gasteiger partial charge in [-0.3, -0.25) is 9.59 Å². The first-order chi connectivity index (χ1) is 8.60. The Labute approximate surface area is 108 Å². The van der Waals surface area contributed by atoms with Crippen molar-refractivity contribution in [2.45, 2.75) is 51.5 Å². The van der Waals surface area contributed by atoms with E-state index < -0.39 is 0 Å². The molecule has 0 aliphatic carbocycles. The summed E-state index contributed by atoms with van der Waals surface area (Å²) < 4.78 is 0. The molecule has 0 saturated carbocycles. The molecule has 1 atom stereocenters. The van der Waals surface area contributed by atoms with E-state index in [0.717, 1.165) is 32.5 Å². The van der Waals surface area contributed by atoms with Crippen LogP contribution in [0.25, 0.3) is 0 Å². The van der Waals surface area contributed by atoms with E-state index in [1.165, 1.54) is 19.3 Å². The molecule has 4 nitrogen and oxygen atoms in total. The highest BCUT2D eigenvalue weighted by Gasteiger charge is 2.47. The number of carbonyl (C=O) groups excluding carboxylic acids is 2. The summed E-state index contributed by atoms with van der Waals surface area (Å²) >= 11 is 0. The van der Waals surface area contributed by atoms with Gasteiger partial charge in [-0.25, -0.2) is 0 Å². The van der Waals surface area contributed by atoms with E-state index in [0.29, 0.717) is 18.4 Å². The van der Waals surface area contributed by atoms with Crippen molar-refractivity contribution < 1.29 is 9.59 Å². The summed E-state index contributed by atoms with van der Waals surface area (Å²) in [5.41, 5.74) is 0.107. The van der Waals surface area contributed by atoms with Crippen LogP contribution < -0.4 is 0 Å². The molecule has 0 aromatic rings. The number of rotatable bonds is 0. The van der Waals surface area contributed by atoms with Crippen LogP contribution in [0.15, 0.2) is 0 Å². The summed E-state index contributed by atoms with van der Waals surface area (Å²) in [6.45, 7) is 4.17. The van der Waals surface area contributed by atoms with Gasteiger partial charge in [-0.05, 0) is 25.7 Å². The minimum Gasteiger partial charge on any atom is -0.342 e. The number of hydrogen-bond donors (Lipinski definition) is 0. The monoisotopic (exact) mass is 250 g/mol. The third kappa shape index (κ3) is 1.91. The molecule has 0 aromatic heterocycles. The molecule has 100 valence electrons. The molecule has 0 aromatic carbocycles. The lowest BCUT2D eigenvalue weighted by molar-refractivity contribution is -0.150. The first-order valence-corrected chi connectivity index (χ1v) is 7.15. The zero-order valence-electron chi connectivity index (χ0n) is 11.2. The second-order valence-electron chi connectivity index (χ2n) is 6.33. The molecule has 3 aliphatic rings. The number of hydrogen-bond acceptors (Lipinski definition) is 2. The van der Waals surface area contributed by atoms with Crippen molar-refractivity contribution in [2.75, 3.05) is 19.6 Å². The number of amides is 2. The number of nitrogens with zero attached hydrogens (tertiary/aromatic N) is 2. The van der Waals surface area contributed by atoms with Crippen LogP contribution in [0.2, 0.25) is 0 Å². The molecular formula is C14H22N2O2. The zero-order valence-corrected chi connectivity index (χ0v) is 11.2. The minimum atomic E-state index is 0.107. The second-order valence-corrected chi connectivity index (χ2v) is 6.33. The lowest BCUT2D eigenvalue weighted by Gasteiger charge is -2.51. The quantitative estimate of drug-likeness (QED) is 0.652. The summed E-state index contributed by atoms with van der Waals surface area (Å²) in [4.78, 5) is 27.6. The van der Waals surface area contributed by atoms with Gasteiger partial charge in [0.15, 0.2) is 0 Å². The van der Waals surface area contributed by atoms with E-state index >= 15 is 0 Å². The summed E-state index contributed by atoms with van der Waals surface area (Å²) in [5, 5.41) is 0. The van der Waals surface area contributed by atoms with Gasteiger partial charge in [0, 0.05) is 44.4 Å². The van der Waals surface area contributed by atoms with Gasteiger partial charge in [0.1, 0.15) is 0 Å². The molecule has 3 fully saturated rings. The average molecular weight is 250 g/mol. The average Bonchev–Trinajstić information content (AvgIpc) is 2.69. The lowest BCUT2D eigenvalue weighted by atomic mass is 9.71. The van der Waals surface area contributed by atoms with E-state index in [1.54, 1.807) is 6.92 Å². The van der Waals surface area contributed by atoms with Crippen LogP contribution in [0, 0.1) is 5.41 Å². The smallest absolute Gasteiger partial charge is 0.223 e. The Morgan fingerprint density at radius 1 is 1.28 bits per heavy atom. The SMILES string of the molecule is CC(=O)N1CC2(CCC[C@H]3CCCN3C(=O)C2)C1. The van der Waals surface area contributed by atoms with E-state index in [9.17, 15) is 9.59 Å². The molecule has 2 amide bonds. The van der Waals surface area contributed by atoms with Gasteiger partial charge in [-0.1, -0.05) is 6.42 Å². The van der Waals surface area contributed by atoms with Gasteiger partial charge in [-0.15, -0.1) is 0 Å². The highest BCUT2D eigenvalue weighted by molar-refractivity contribution is 5.79. The van der Waals surface area contributed by atoms with E-state index in [1.807, 2.05) is 4.90 Å². The fourth-order valence-electron chi connectivity index (χ4n) is 3.94. The predicted octanol–water partition coefficient (Wildman–Crippen LogP) is 1.40. The fourth-order valence-corrected chi connectivity index (χ4v) is 3.94. The molecular weight excluding hydrogens is 228 g/mol. The normalized spacial score (nSPS) is 30.7. The van der Waals surface area contributed by atoms with E-state index in [-0.39, 0.29) is 11.3 Å². The fraction of sp³-hybridized carbons (Fsp3) is 0.857. The third-order valence-electron chi connectivity index (χ3n) is 4.97. The molecule has 0 N–H and O–H groups in total. The van der Waals surface area contributed by atoms with Crippen molar-refractivity contribution in [3.8, 4) is 0 Å². The molecule has 3 heterocycles. The van der Waals surface area contributed by atoms with Gasteiger partial charge in [-0.2, -0.15) is 0 Å². The maximum absolute atomic E-state index is 12.4. The molecule has 18 heavy (non-hydrogen) atoms. The molecule has 0 unspecified atom stereocenters. The van der Waals surface area contributed by atoms with E-state index in [4.69, 9.17) is 0 Å². The Bertz CT molecular complexity index is 374. The van der Waals surface area contributed by atoms with Crippen LogP contribution in [0.4, 0.5) is 0 Å².